The Hall–Kier alpha value is -2.85. The van der Waals surface area contributed by atoms with Crippen LogP contribution in [0.5, 0.6) is 11.5 Å². The van der Waals surface area contributed by atoms with Crippen LogP contribution in [0, 0.1) is 5.92 Å². The molecule has 1 heterocycles. The van der Waals surface area contributed by atoms with Crippen molar-refractivity contribution in [2.75, 3.05) is 6.61 Å². The van der Waals surface area contributed by atoms with Crippen molar-refractivity contribution in [3.05, 3.63) is 60.2 Å². The van der Waals surface area contributed by atoms with E-state index in [9.17, 15) is 23.1 Å². The topological polar surface area (TPSA) is 79.8 Å². The maximum atomic E-state index is 13.8. The number of hydrogen-bond donors (Lipinski definition) is 3. The number of ether oxygens (including phenoxy) is 2. The fraction of sp³-hybridized carbons (Fsp3) is 0.300. The van der Waals surface area contributed by atoms with Crippen LogP contribution in [0.4, 0.5) is 13.2 Å². The Labute approximate surface area is 176 Å². The van der Waals surface area contributed by atoms with Crippen LogP contribution in [0.15, 0.2) is 54.6 Å². The van der Waals surface area contributed by atoms with E-state index in [1.807, 2.05) is 6.07 Å². The first-order valence-electron chi connectivity index (χ1n) is 9.03. The predicted octanol–water partition coefficient (Wildman–Crippen LogP) is 3.43. The van der Waals surface area contributed by atoms with E-state index < -0.39 is 34.9 Å². The zero-order chi connectivity index (χ0) is 21.9. The molecule has 1 aliphatic rings. The second-order valence-corrected chi connectivity index (χ2v) is 6.97. The third-order valence-corrected chi connectivity index (χ3v) is 4.76. The van der Waals surface area contributed by atoms with Crippen LogP contribution in [0.3, 0.4) is 0 Å². The Kier molecular flexibility index (Phi) is 6.18. The fourth-order valence-electron chi connectivity index (χ4n) is 3.21. The van der Waals surface area contributed by atoms with E-state index in [0.717, 1.165) is 0 Å². The molecule has 0 aliphatic carbocycles. The van der Waals surface area contributed by atoms with Gasteiger partial charge in [-0.1, -0.05) is 30.3 Å². The smallest absolute Gasteiger partial charge is 0.437 e. The Morgan fingerprint density at radius 2 is 1.83 bits per heavy atom. The summed E-state index contributed by atoms with van der Waals surface area (Å²) >= 11 is 4.88. The van der Waals surface area contributed by atoms with E-state index in [2.05, 4.69) is 5.32 Å². The summed E-state index contributed by atoms with van der Waals surface area (Å²) in [4.78, 5) is 12.5. The summed E-state index contributed by atoms with van der Waals surface area (Å²) in [6.45, 7) is 1.31. The van der Waals surface area contributed by atoms with Crippen molar-refractivity contribution in [2.24, 2.45) is 5.92 Å². The van der Waals surface area contributed by atoms with E-state index in [1.54, 1.807) is 41.7 Å². The van der Waals surface area contributed by atoms with Gasteiger partial charge in [-0.3, -0.25) is 4.79 Å². The average Bonchev–Trinajstić information content (AvgIpc) is 2.67. The normalized spacial score (nSPS) is 23.8. The van der Waals surface area contributed by atoms with Crippen LogP contribution < -0.4 is 15.4 Å². The minimum atomic E-state index is -5.20. The Morgan fingerprint density at radius 1 is 1.17 bits per heavy atom. The molecule has 6 nitrogen and oxygen atoms in total. The molecule has 0 radical (unpaired) electrons. The number of hydrogen-bond acceptors (Lipinski definition) is 5. The summed E-state index contributed by atoms with van der Waals surface area (Å²) in [5.41, 5.74) is -3.35. The molecule has 0 bridgehead atoms. The van der Waals surface area contributed by atoms with Gasteiger partial charge in [-0.05, 0) is 49.0 Å². The van der Waals surface area contributed by atoms with Crippen LogP contribution in [0.25, 0.3) is 0 Å². The molecule has 3 N–H and O–H groups in total. The third kappa shape index (κ3) is 4.34. The summed E-state index contributed by atoms with van der Waals surface area (Å²) in [6.07, 6.45) is -5.20. The monoisotopic (exact) mass is 440 g/mol. The van der Waals surface area contributed by atoms with Crippen molar-refractivity contribution in [1.29, 1.82) is 0 Å². The Balaban J connectivity index is 2.02. The summed E-state index contributed by atoms with van der Waals surface area (Å²) in [6, 6.07) is 13.6. The van der Waals surface area contributed by atoms with E-state index in [0.29, 0.717) is 11.5 Å². The number of esters is 1. The quantitative estimate of drug-likeness (QED) is 0.486. The largest absolute Gasteiger partial charge is 0.466 e. The summed E-state index contributed by atoms with van der Waals surface area (Å²) in [7, 11) is 0. The molecule has 1 aliphatic heterocycles. The first-order valence-corrected chi connectivity index (χ1v) is 9.44. The predicted molar refractivity (Wildman–Crippen MR) is 106 cm³/mol. The molecule has 30 heavy (non-hydrogen) atoms. The van der Waals surface area contributed by atoms with E-state index >= 15 is 0 Å². The lowest BCUT2D eigenvalue weighted by Crippen LogP contribution is -2.73. The average molecular weight is 440 g/mol. The molecule has 2 aromatic carbocycles. The molecule has 1 saturated heterocycles. The molecule has 160 valence electrons. The maximum Gasteiger partial charge on any atom is 0.437 e. The SMILES string of the molecule is CCOC(=O)[C@H]1[C@H](c2cccc(Oc3ccccc3)c2)NC(=S)N[C@@]1(O)C(F)(F)F. The second kappa shape index (κ2) is 8.49. The maximum absolute atomic E-state index is 13.8. The number of para-hydroxylation sites is 1. The Morgan fingerprint density at radius 3 is 2.47 bits per heavy atom. The molecule has 3 atom stereocenters. The second-order valence-electron chi connectivity index (χ2n) is 6.56. The molecule has 0 saturated carbocycles. The van der Waals surface area contributed by atoms with Gasteiger partial charge in [0.25, 0.3) is 5.72 Å². The molecule has 0 amide bonds. The van der Waals surface area contributed by atoms with Gasteiger partial charge in [0.05, 0.1) is 12.6 Å². The van der Waals surface area contributed by atoms with Crippen molar-refractivity contribution in [2.45, 2.75) is 24.9 Å². The van der Waals surface area contributed by atoms with Gasteiger partial charge in [-0.25, -0.2) is 0 Å². The number of carbonyl (C=O) groups is 1. The third-order valence-electron chi connectivity index (χ3n) is 4.54. The van der Waals surface area contributed by atoms with E-state index in [1.165, 1.54) is 19.1 Å². The van der Waals surface area contributed by atoms with E-state index in [-0.39, 0.29) is 12.2 Å². The zero-order valence-electron chi connectivity index (χ0n) is 15.8. The van der Waals surface area contributed by atoms with Gasteiger partial charge in [0, 0.05) is 0 Å². The van der Waals surface area contributed by atoms with Gasteiger partial charge in [-0.15, -0.1) is 0 Å². The molecule has 10 heteroatoms. The van der Waals surface area contributed by atoms with Crippen molar-refractivity contribution in [1.82, 2.24) is 10.6 Å². The summed E-state index contributed by atoms with van der Waals surface area (Å²) < 4.78 is 51.9. The van der Waals surface area contributed by atoms with Crippen molar-refractivity contribution in [3.8, 4) is 11.5 Å². The van der Waals surface area contributed by atoms with Gasteiger partial charge >= 0.3 is 12.1 Å². The van der Waals surface area contributed by atoms with Crippen LogP contribution >= 0.6 is 12.2 Å². The Bertz CT molecular complexity index is 926. The summed E-state index contributed by atoms with van der Waals surface area (Å²) in [5, 5.41) is 14.5. The number of rotatable bonds is 5. The van der Waals surface area contributed by atoms with Crippen LogP contribution in [0.2, 0.25) is 0 Å². The minimum Gasteiger partial charge on any atom is -0.466 e. The number of aliphatic hydroxyl groups is 1. The number of halogens is 3. The van der Waals surface area contributed by atoms with Gasteiger partial charge in [-0.2, -0.15) is 13.2 Å². The van der Waals surface area contributed by atoms with Gasteiger partial charge in [0.15, 0.2) is 5.11 Å². The molecule has 0 spiro atoms. The molecule has 3 rings (SSSR count). The highest BCUT2D eigenvalue weighted by atomic mass is 32.1. The standard InChI is InChI=1S/C20H19F3N2O4S/c1-2-28-17(26)15-16(24-18(30)25-19(15,27)20(21,22)23)12-7-6-10-14(11-12)29-13-8-4-3-5-9-13/h3-11,15-16,27H,2H2,1H3,(H2,24,25,30)/t15-,16+,19+/m1/s1. The number of nitrogens with one attached hydrogen (secondary N) is 2. The van der Waals surface area contributed by atoms with Gasteiger partial charge in [0.1, 0.15) is 17.4 Å². The molecular weight excluding hydrogens is 421 g/mol. The highest BCUT2D eigenvalue weighted by molar-refractivity contribution is 7.80. The minimum absolute atomic E-state index is 0.155. The van der Waals surface area contributed by atoms with Crippen molar-refractivity contribution >= 4 is 23.3 Å². The molecule has 0 unspecified atom stereocenters. The molecule has 1 fully saturated rings. The lowest BCUT2D eigenvalue weighted by Gasteiger charge is -2.45. The fourth-order valence-corrected chi connectivity index (χ4v) is 3.49. The lowest BCUT2D eigenvalue weighted by atomic mass is 9.82. The lowest BCUT2D eigenvalue weighted by molar-refractivity contribution is -0.292. The molecule has 0 aromatic heterocycles. The van der Waals surface area contributed by atoms with E-state index in [4.69, 9.17) is 21.7 Å². The van der Waals surface area contributed by atoms with Gasteiger partial charge < -0.3 is 25.2 Å². The number of alkyl halides is 3. The first kappa shape index (κ1) is 21.8. The van der Waals surface area contributed by atoms with Crippen LogP contribution in [-0.4, -0.2) is 34.7 Å². The number of carbonyl (C=O) groups excluding carboxylic acids is 1. The molecular formula is C20H19F3N2O4S. The van der Waals surface area contributed by atoms with Crippen LogP contribution in [-0.2, 0) is 9.53 Å². The summed E-state index contributed by atoms with van der Waals surface area (Å²) in [5.74, 6) is -2.42. The highest BCUT2D eigenvalue weighted by Gasteiger charge is 2.66. The van der Waals surface area contributed by atoms with Crippen molar-refractivity contribution < 1.29 is 32.5 Å². The zero-order valence-corrected chi connectivity index (χ0v) is 16.6. The molecule has 2 aromatic rings. The van der Waals surface area contributed by atoms with Crippen LogP contribution in [0.1, 0.15) is 18.5 Å². The number of benzene rings is 2. The van der Waals surface area contributed by atoms with Gasteiger partial charge in [0.2, 0.25) is 0 Å². The number of thiocarbonyl (C=S) groups is 1. The highest BCUT2D eigenvalue weighted by Crippen LogP contribution is 2.43. The van der Waals surface area contributed by atoms with Crippen molar-refractivity contribution in [3.63, 3.8) is 0 Å². The first-order chi connectivity index (χ1) is 14.2.